The smallest absolute Gasteiger partial charge is 0.243 e. The molecule has 25 heavy (non-hydrogen) atoms. The molecular formula is C18H27N5O2. The number of nitrogens with zero attached hydrogens (tertiary/aromatic N) is 3. The quantitative estimate of drug-likeness (QED) is 0.833. The van der Waals surface area contributed by atoms with Crippen molar-refractivity contribution >= 4 is 11.8 Å². The van der Waals surface area contributed by atoms with Crippen molar-refractivity contribution in [2.24, 2.45) is 11.8 Å². The van der Waals surface area contributed by atoms with Gasteiger partial charge in [-0.25, -0.2) is 0 Å². The molecule has 4 atom stereocenters. The van der Waals surface area contributed by atoms with E-state index in [2.05, 4.69) is 15.7 Å². The highest BCUT2D eigenvalue weighted by molar-refractivity contribution is 5.89. The normalized spacial score (nSPS) is 31.6. The molecule has 1 aromatic heterocycles. The maximum atomic E-state index is 13.0. The summed E-state index contributed by atoms with van der Waals surface area (Å²) in [4.78, 5) is 27.5. The Morgan fingerprint density at radius 3 is 3.04 bits per heavy atom. The number of hydrogen-bond donors (Lipinski definition) is 2. The molecule has 4 rings (SSSR count). The molecular weight excluding hydrogens is 318 g/mol. The van der Waals surface area contributed by atoms with Crippen molar-refractivity contribution in [2.75, 3.05) is 13.1 Å². The van der Waals surface area contributed by atoms with E-state index in [1.165, 1.54) is 0 Å². The summed E-state index contributed by atoms with van der Waals surface area (Å²) in [7, 11) is 0. The Kier molecular flexibility index (Phi) is 4.50. The summed E-state index contributed by atoms with van der Waals surface area (Å²) in [5, 5.41) is 10.8. The third-order valence-electron chi connectivity index (χ3n) is 5.99. The van der Waals surface area contributed by atoms with E-state index in [0.717, 1.165) is 44.5 Å². The van der Waals surface area contributed by atoms with Crippen LogP contribution in [0.1, 0.15) is 38.2 Å². The second kappa shape index (κ2) is 6.78. The lowest BCUT2D eigenvalue weighted by atomic mass is 9.72. The minimum absolute atomic E-state index is 0.0170. The van der Waals surface area contributed by atoms with E-state index >= 15 is 0 Å². The Bertz CT molecular complexity index is 658. The van der Waals surface area contributed by atoms with Crippen molar-refractivity contribution < 1.29 is 9.59 Å². The summed E-state index contributed by atoms with van der Waals surface area (Å²) in [6.45, 7) is 5.10. The first-order valence-corrected chi connectivity index (χ1v) is 9.48. The molecule has 1 aromatic rings. The molecule has 0 radical (unpaired) electrons. The van der Waals surface area contributed by atoms with Crippen LogP contribution in [-0.2, 0) is 22.7 Å². The maximum absolute atomic E-state index is 13.0. The summed E-state index contributed by atoms with van der Waals surface area (Å²) in [6, 6.07) is -0.105. The molecule has 3 aliphatic rings. The number of piperidine rings is 3. The molecule has 0 aliphatic carbocycles. The molecule has 0 unspecified atom stereocenters. The SMILES string of the molecule is CCn1cc(CNC(=O)[C@H]2[C@@H]3CNC[C@@H](C3)[C@@H]3CCCC(=O)N32)cn1. The number of rotatable bonds is 4. The van der Waals surface area contributed by atoms with E-state index in [9.17, 15) is 9.59 Å². The predicted octanol–water partition coefficient (Wildman–Crippen LogP) is 0.508. The third-order valence-corrected chi connectivity index (χ3v) is 5.99. The van der Waals surface area contributed by atoms with Crippen molar-refractivity contribution in [3.05, 3.63) is 18.0 Å². The van der Waals surface area contributed by atoms with Gasteiger partial charge in [-0.3, -0.25) is 14.3 Å². The van der Waals surface area contributed by atoms with Crippen LogP contribution in [0.2, 0.25) is 0 Å². The number of carbonyl (C=O) groups excluding carboxylic acids is 2. The van der Waals surface area contributed by atoms with E-state index in [-0.39, 0.29) is 29.8 Å². The molecule has 136 valence electrons. The summed E-state index contributed by atoms with van der Waals surface area (Å²) in [5.74, 6) is 0.855. The largest absolute Gasteiger partial charge is 0.350 e. The topological polar surface area (TPSA) is 79.3 Å². The summed E-state index contributed by atoms with van der Waals surface area (Å²) in [6.07, 6.45) is 7.35. The number of aromatic nitrogens is 2. The molecule has 2 amide bonds. The van der Waals surface area contributed by atoms with Crippen molar-refractivity contribution in [2.45, 2.75) is 57.8 Å². The van der Waals surface area contributed by atoms with Crippen LogP contribution >= 0.6 is 0 Å². The van der Waals surface area contributed by atoms with Gasteiger partial charge in [-0.1, -0.05) is 0 Å². The standard InChI is InChI=1S/C18H27N5O2/c1-2-22-11-12(8-21-22)7-20-18(25)17-14-6-13(9-19-10-14)15-4-3-5-16(24)23(15)17/h8,11,13-15,17,19H,2-7,9-10H2,1H3,(H,20,25)/t13-,14+,15+,17-/m1/s1. The Hall–Kier alpha value is -1.89. The van der Waals surface area contributed by atoms with Crippen molar-refractivity contribution in [3.63, 3.8) is 0 Å². The highest BCUT2D eigenvalue weighted by Crippen LogP contribution is 2.39. The second-order valence-electron chi connectivity index (χ2n) is 7.54. The molecule has 7 nitrogen and oxygen atoms in total. The Morgan fingerprint density at radius 1 is 1.40 bits per heavy atom. The van der Waals surface area contributed by atoms with Crippen LogP contribution in [0.15, 0.2) is 12.4 Å². The maximum Gasteiger partial charge on any atom is 0.243 e. The molecule has 2 bridgehead atoms. The molecule has 3 fully saturated rings. The molecule has 4 heterocycles. The lowest BCUT2D eigenvalue weighted by Crippen LogP contribution is -2.67. The van der Waals surface area contributed by atoms with Gasteiger partial charge in [0.2, 0.25) is 11.8 Å². The molecule has 3 aliphatic heterocycles. The average Bonchev–Trinajstić information content (AvgIpc) is 3.09. The summed E-state index contributed by atoms with van der Waals surface area (Å²) < 4.78 is 1.85. The number of hydrogen-bond acceptors (Lipinski definition) is 4. The number of fused-ring (bicyclic) bond motifs is 4. The Labute approximate surface area is 148 Å². The zero-order chi connectivity index (χ0) is 17.4. The van der Waals surface area contributed by atoms with Crippen LogP contribution in [0.4, 0.5) is 0 Å². The molecule has 0 saturated carbocycles. The van der Waals surface area contributed by atoms with E-state index < -0.39 is 0 Å². The van der Waals surface area contributed by atoms with Crippen LogP contribution in [0, 0.1) is 11.8 Å². The van der Waals surface area contributed by atoms with Crippen LogP contribution < -0.4 is 10.6 Å². The number of amides is 2. The highest BCUT2D eigenvalue weighted by atomic mass is 16.2. The lowest BCUT2D eigenvalue weighted by Gasteiger charge is -2.53. The van der Waals surface area contributed by atoms with Gasteiger partial charge < -0.3 is 15.5 Å². The molecule has 7 heteroatoms. The fraction of sp³-hybridized carbons (Fsp3) is 0.722. The van der Waals surface area contributed by atoms with Crippen LogP contribution in [-0.4, -0.2) is 51.7 Å². The van der Waals surface area contributed by atoms with Crippen molar-refractivity contribution in [1.29, 1.82) is 0 Å². The Balaban J connectivity index is 1.49. The first-order valence-electron chi connectivity index (χ1n) is 9.48. The van der Waals surface area contributed by atoms with Crippen LogP contribution in [0.25, 0.3) is 0 Å². The molecule has 0 aromatic carbocycles. The van der Waals surface area contributed by atoms with Gasteiger partial charge in [0, 0.05) is 49.8 Å². The van der Waals surface area contributed by atoms with Crippen LogP contribution in [0.3, 0.4) is 0 Å². The monoisotopic (exact) mass is 345 g/mol. The van der Waals surface area contributed by atoms with Gasteiger partial charge in [0.05, 0.1) is 6.20 Å². The zero-order valence-corrected chi connectivity index (χ0v) is 14.8. The van der Waals surface area contributed by atoms with Crippen LogP contribution in [0.5, 0.6) is 0 Å². The molecule has 0 spiro atoms. The fourth-order valence-corrected chi connectivity index (χ4v) is 4.82. The number of nitrogens with one attached hydrogen (secondary N) is 2. The zero-order valence-electron chi connectivity index (χ0n) is 14.8. The molecule has 3 saturated heterocycles. The first kappa shape index (κ1) is 16.6. The van der Waals surface area contributed by atoms with E-state index in [1.54, 1.807) is 6.20 Å². The first-order chi connectivity index (χ1) is 12.2. The van der Waals surface area contributed by atoms with Gasteiger partial charge in [-0.2, -0.15) is 5.10 Å². The minimum Gasteiger partial charge on any atom is -0.350 e. The number of carbonyl (C=O) groups is 2. The van der Waals surface area contributed by atoms with Gasteiger partial charge in [-0.05, 0) is 38.6 Å². The predicted molar refractivity (Wildman–Crippen MR) is 92.5 cm³/mol. The second-order valence-corrected chi connectivity index (χ2v) is 7.54. The van der Waals surface area contributed by atoms with Gasteiger partial charge in [0.1, 0.15) is 6.04 Å². The van der Waals surface area contributed by atoms with E-state index in [0.29, 0.717) is 18.9 Å². The fourth-order valence-electron chi connectivity index (χ4n) is 4.82. The molecule has 2 N–H and O–H groups in total. The highest BCUT2D eigenvalue weighted by Gasteiger charge is 2.50. The van der Waals surface area contributed by atoms with E-state index in [1.807, 2.05) is 22.7 Å². The number of aryl methyl sites for hydroxylation is 1. The van der Waals surface area contributed by atoms with E-state index in [4.69, 9.17) is 0 Å². The third kappa shape index (κ3) is 3.05. The summed E-state index contributed by atoms with van der Waals surface area (Å²) in [5.41, 5.74) is 0.993. The van der Waals surface area contributed by atoms with Crippen molar-refractivity contribution in [3.8, 4) is 0 Å². The Morgan fingerprint density at radius 2 is 2.24 bits per heavy atom. The van der Waals surface area contributed by atoms with Gasteiger partial charge >= 0.3 is 0 Å². The van der Waals surface area contributed by atoms with Crippen molar-refractivity contribution in [1.82, 2.24) is 25.3 Å². The van der Waals surface area contributed by atoms with Gasteiger partial charge in [0.25, 0.3) is 0 Å². The van der Waals surface area contributed by atoms with Gasteiger partial charge in [-0.15, -0.1) is 0 Å². The minimum atomic E-state index is -0.330. The lowest BCUT2D eigenvalue weighted by molar-refractivity contribution is -0.157. The van der Waals surface area contributed by atoms with Gasteiger partial charge in [0.15, 0.2) is 0 Å². The summed E-state index contributed by atoms with van der Waals surface area (Å²) >= 11 is 0. The average molecular weight is 345 g/mol.